The molecule has 246 valence electrons. The highest BCUT2D eigenvalue weighted by Gasteiger charge is 2.44. The molecule has 0 saturated heterocycles. The van der Waals surface area contributed by atoms with Gasteiger partial charge in [-0.3, -0.25) is 0 Å². The number of hydrogen-bond acceptors (Lipinski definition) is 7. The van der Waals surface area contributed by atoms with Crippen LogP contribution in [0.5, 0.6) is 5.75 Å². The first-order valence-corrected chi connectivity index (χ1v) is 18.1. The van der Waals surface area contributed by atoms with Crippen molar-refractivity contribution in [1.29, 1.82) is 0 Å². The molecule has 1 fully saturated rings. The zero-order chi connectivity index (χ0) is 32.6. The molecule has 8 nitrogen and oxygen atoms in total. The number of aliphatic hydroxyl groups is 1. The van der Waals surface area contributed by atoms with E-state index in [0.717, 1.165) is 48.6 Å². The third-order valence-electron chi connectivity index (χ3n) is 9.43. The number of halogens is 1. The number of aryl methyl sites for hydroxylation is 1. The Kier molecular flexibility index (Phi) is 9.95. The lowest BCUT2D eigenvalue weighted by molar-refractivity contribution is 0.00694. The normalized spacial score (nSPS) is 24.6. The average molecular weight is 659 g/mol. The second-order valence-electron chi connectivity index (χ2n) is 14.4. The van der Waals surface area contributed by atoms with Gasteiger partial charge in [0.05, 0.1) is 29.7 Å². The van der Waals surface area contributed by atoms with Gasteiger partial charge in [-0.2, -0.15) is 0 Å². The number of ether oxygens (including phenoxy) is 2. The summed E-state index contributed by atoms with van der Waals surface area (Å²) in [6, 6.07) is 11.7. The Bertz CT molecular complexity index is 1540. The molecule has 5 rings (SSSR count). The van der Waals surface area contributed by atoms with E-state index in [1.807, 2.05) is 52.0 Å². The van der Waals surface area contributed by atoms with Gasteiger partial charge in [0.1, 0.15) is 11.4 Å². The molecule has 1 saturated carbocycles. The van der Waals surface area contributed by atoms with Crippen LogP contribution in [0.25, 0.3) is 0 Å². The van der Waals surface area contributed by atoms with E-state index in [4.69, 9.17) is 26.2 Å². The van der Waals surface area contributed by atoms with Crippen molar-refractivity contribution < 1.29 is 27.8 Å². The zero-order valence-electron chi connectivity index (χ0n) is 26.8. The van der Waals surface area contributed by atoms with E-state index >= 15 is 0 Å². The monoisotopic (exact) mass is 658 g/mol. The lowest BCUT2D eigenvalue weighted by Gasteiger charge is -2.45. The van der Waals surface area contributed by atoms with E-state index in [1.165, 1.54) is 11.1 Å². The number of sulfonamides is 1. The van der Waals surface area contributed by atoms with Crippen molar-refractivity contribution in [1.82, 2.24) is 0 Å². The van der Waals surface area contributed by atoms with Gasteiger partial charge in [-0.05, 0) is 119 Å². The van der Waals surface area contributed by atoms with Crippen molar-refractivity contribution in [3.8, 4) is 5.75 Å². The summed E-state index contributed by atoms with van der Waals surface area (Å²) in [6.45, 7) is 9.35. The molecule has 5 atom stereocenters. The van der Waals surface area contributed by atoms with Gasteiger partial charge in [0.25, 0.3) is 0 Å². The first kappa shape index (κ1) is 33.8. The molecular weight excluding hydrogens is 612 g/mol. The highest BCUT2D eigenvalue weighted by molar-refractivity contribution is 7.89. The fourth-order valence-corrected chi connectivity index (χ4v) is 8.31. The molecule has 0 radical (unpaired) electrons. The van der Waals surface area contributed by atoms with Crippen LogP contribution < -0.4 is 14.8 Å². The van der Waals surface area contributed by atoms with Crippen molar-refractivity contribution in [2.45, 2.75) is 83.3 Å². The van der Waals surface area contributed by atoms with E-state index < -0.39 is 21.7 Å². The van der Waals surface area contributed by atoms with E-state index in [1.54, 1.807) is 12.1 Å². The van der Waals surface area contributed by atoms with Crippen molar-refractivity contribution in [2.75, 3.05) is 30.3 Å². The van der Waals surface area contributed by atoms with E-state index in [0.29, 0.717) is 31.7 Å². The van der Waals surface area contributed by atoms with Crippen LogP contribution in [0.15, 0.2) is 48.6 Å². The Morgan fingerprint density at radius 3 is 2.71 bits per heavy atom. The summed E-state index contributed by atoms with van der Waals surface area (Å²) in [5, 5.41) is 17.1. The molecule has 2 aromatic carbocycles. The molecule has 0 amide bonds. The standard InChI is InChI=1S/C35H47ClN2O6S/c1-23(20-45(37,41)42)7-5-9-31(39)28-13-10-26(28)19-38-21-35(16-6-8-24-17-27(36)12-14-29(24)35)22-43-32-15-11-25(18-30(32)38)33(40)44-34(2,3)4/h5,9,11-12,14-15,17-18,23,26,28,31,39H,6-8,10,13,16,19-22H2,1-4H3,(H2,37,41,42)/b9-5+/t23-,26+,28-,31+,35+/m1/s1. The fraction of sp³-hybridized carbons (Fsp3) is 0.571. The fourth-order valence-electron chi connectivity index (χ4n) is 7.19. The second-order valence-corrected chi connectivity index (χ2v) is 16.5. The maximum Gasteiger partial charge on any atom is 0.338 e. The number of rotatable bonds is 9. The summed E-state index contributed by atoms with van der Waals surface area (Å²) in [5.74, 6) is 0.454. The number of carbonyl (C=O) groups is 1. The van der Waals surface area contributed by atoms with Crippen LogP contribution in [0, 0.1) is 17.8 Å². The average Bonchev–Trinajstić information content (AvgIpc) is 3.06. The number of hydrogen-bond donors (Lipinski definition) is 2. The highest BCUT2D eigenvalue weighted by Crippen LogP contribution is 2.46. The molecule has 3 aliphatic rings. The van der Waals surface area contributed by atoms with Crippen LogP contribution in [0.4, 0.5) is 5.69 Å². The summed E-state index contributed by atoms with van der Waals surface area (Å²) in [4.78, 5) is 15.5. The molecule has 3 N–H and O–H groups in total. The molecule has 1 heterocycles. The van der Waals surface area contributed by atoms with E-state index in [2.05, 4.69) is 17.0 Å². The van der Waals surface area contributed by atoms with Crippen molar-refractivity contribution >= 4 is 33.3 Å². The molecule has 2 aliphatic carbocycles. The minimum atomic E-state index is -3.53. The van der Waals surface area contributed by atoms with Gasteiger partial charge < -0.3 is 19.5 Å². The van der Waals surface area contributed by atoms with Gasteiger partial charge in [-0.15, -0.1) is 0 Å². The topological polar surface area (TPSA) is 119 Å². The number of carbonyl (C=O) groups excluding carboxylic acids is 1. The highest BCUT2D eigenvalue weighted by atomic mass is 35.5. The third-order valence-corrected chi connectivity index (χ3v) is 10.7. The summed E-state index contributed by atoms with van der Waals surface area (Å²) in [5.41, 5.74) is 3.01. The van der Waals surface area contributed by atoms with Gasteiger partial charge in [0.15, 0.2) is 0 Å². The minimum absolute atomic E-state index is 0.0739. The Hall–Kier alpha value is -2.59. The number of nitrogens with zero attached hydrogens (tertiary/aromatic N) is 1. The van der Waals surface area contributed by atoms with Gasteiger partial charge in [-0.25, -0.2) is 18.4 Å². The molecule has 1 aliphatic heterocycles. The first-order valence-electron chi connectivity index (χ1n) is 16.0. The Morgan fingerprint density at radius 2 is 2.02 bits per heavy atom. The molecule has 0 bridgehead atoms. The van der Waals surface area contributed by atoms with Crippen molar-refractivity contribution in [3.63, 3.8) is 0 Å². The number of allylic oxidation sites excluding steroid dienone is 1. The SMILES string of the molecule is C[C@H](C/C=C/[C@H](O)[C@@H]1CC[C@H]1CN1C[C@@]2(CCCc3cc(Cl)ccc32)COc2ccc(C(=O)OC(C)(C)C)cc21)CS(N)(=O)=O. The lowest BCUT2D eigenvalue weighted by atomic mass is 9.68. The molecular formula is C35H47ClN2O6S. The molecule has 45 heavy (non-hydrogen) atoms. The molecule has 10 heteroatoms. The quantitative estimate of drug-likeness (QED) is 0.250. The summed E-state index contributed by atoms with van der Waals surface area (Å²) >= 11 is 6.41. The molecule has 1 spiro atoms. The minimum Gasteiger partial charge on any atom is -0.490 e. The zero-order valence-corrected chi connectivity index (χ0v) is 28.4. The molecule has 0 unspecified atom stereocenters. The van der Waals surface area contributed by atoms with Gasteiger partial charge in [0.2, 0.25) is 10.0 Å². The number of aliphatic hydroxyl groups excluding tert-OH is 1. The van der Waals surface area contributed by atoms with Crippen LogP contribution in [-0.4, -0.2) is 56.6 Å². The Balaban J connectivity index is 1.41. The van der Waals surface area contributed by atoms with Crippen LogP contribution in [0.3, 0.4) is 0 Å². The van der Waals surface area contributed by atoms with Crippen molar-refractivity contribution in [2.24, 2.45) is 22.9 Å². The molecule has 2 aromatic rings. The second kappa shape index (κ2) is 13.3. The summed E-state index contributed by atoms with van der Waals surface area (Å²) < 4.78 is 35.1. The molecule has 0 aromatic heterocycles. The summed E-state index contributed by atoms with van der Waals surface area (Å²) in [6.07, 6.45) is 8.45. The van der Waals surface area contributed by atoms with Crippen LogP contribution in [-0.2, 0) is 26.6 Å². The van der Waals surface area contributed by atoms with Gasteiger partial charge >= 0.3 is 5.97 Å². The lowest BCUT2D eigenvalue weighted by Crippen LogP contribution is -2.49. The first-order chi connectivity index (χ1) is 21.1. The smallest absolute Gasteiger partial charge is 0.338 e. The van der Waals surface area contributed by atoms with E-state index in [-0.39, 0.29) is 34.9 Å². The number of fused-ring (bicyclic) bond motifs is 3. The predicted molar refractivity (Wildman–Crippen MR) is 179 cm³/mol. The predicted octanol–water partition coefficient (Wildman–Crippen LogP) is 6.03. The maximum absolute atomic E-state index is 13.1. The third kappa shape index (κ3) is 8.23. The van der Waals surface area contributed by atoms with Crippen LogP contribution in [0.2, 0.25) is 5.02 Å². The Labute approximate surface area is 273 Å². The van der Waals surface area contributed by atoms with Gasteiger partial charge in [0, 0.05) is 23.5 Å². The summed E-state index contributed by atoms with van der Waals surface area (Å²) in [7, 11) is -3.53. The number of esters is 1. The number of benzene rings is 2. The number of primary sulfonamides is 1. The van der Waals surface area contributed by atoms with Crippen molar-refractivity contribution in [3.05, 3.63) is 70.3 Å². The van der Waals surface area contributed by atoms with Crippen LogP contribution >= 0.6 is 11.6 Å². The number of anilines is 1. The largest absolute Gasteiger partial charge is 0.490 e. The maximum atomic E-state index is 13.1. The number of nitrogens with two attached hydrogens (primary N) is 1. The van der Waals surface area contributed by atoms with E-state index in [9.17, 15) is 18.3 Å². The Morgan fingerprint density at radius 1 is 1.24 bits per heavy atom. The van der Waals surface area contributed by atoms with Gasteiger partial charge in [-0.1, -0.05) is 36.7 Å². The van der Waals surface area contributed by atoms with Crippen LogP contribution in [0.1, 0.15) is 81.3 Å².